The summed E-state index contributed by atoms with van der Waals surface area (Å²) in [7, 11) is 1.81. The third-order valence-corrected chi connectivity index (χ3v) is 11.8. The van der Waals surface area contributed by atoms with Gasteiger partial charge in [-0.25, -0.2) is 0 Å². The van der Waals surface area contributed by atoms with Crippen LogP contribution in [0.5, 0.6) is 5.75 Å². The quantitative estimate of drug-likeness (QED) is 0.223. The molecule has 1 saturated heterocycles. The van der Waals surface area contributed by atoms with Gasteiger partial charge in [0.15, 0.2) is 11.6 Å². The number of hydrogen-bond donors (Lipinski definition) is 0. The maximum absolute atomic E-state index is 6.90. The zero-order valence-corrected chi connectivity index (χ0v) is 26.0. The predicted octanol–water partition coefficient (Wildman–Crippen LogP) is 8.01. The van der Waals surface area contributed by atoms with Crippen LogP contribution in [0.4, 0.5) is 0 Å². The molecule has 4 saturated carbocycles. The van der Waals surface area contributed by atoms with E-state index in [1.807, 2.05) is 19.2 Å². The average Bonchev–Trinajstić information content (AvgIpc) is 3.64. The van der Waals surface area contributed by atoms with E-state index in [0.29, 0.717) is 24.5 Å². The Morgan fingerprint density at radius 2 is 1.73 bits per heavy atom. The Balaban J connectivity index is 1.20. The monoisotopic (exact) mass is 567 g/mol. The van der Waals surface area contributed by atoms with Gasteiger partial charge >= 0.3 is 0 Å². The molecule has 0 aromatic carbocycles. The molecular formula is C35H53NO5. The van der Waals surface area contributed by atoms with Crippen LogP contribution >= 0.6 is 0 Å². The first-order chi connectivity index (χ1) is 19.8. The fourth-order valence-electron chi connectivity index (χ4n) is 9.56. The fourth-order valence-corrected chi connectivity index (χ4v) is 9.56. The Bertz CT molecular complexity index is 1050. The van der Waals surface area contributed by atoms with Crippen molar-refractivity contribution < 1.29 is 23.7 Å². The molecule has 1 aliphatic heterocycles. The van der Waals surface area contributed by atoms with E-state index in [1.54, 1.807) is 18.0 Å². The molecule has 1 aromatic heterocycles. The molecule has 6 atom stereocenters. The molecule has 0 amide bonds. The molecule has 2 heterocycles. The summed E-state index contributed by atoms with van der Waals surface area (Å²) in [4.78, 5) is 4.15. The lowest BCUT2D eigenvalue weighted by Crippen LogP contribution is -2.63. The largest absolute Gasteiger partial charge is 0.493 e. The van der Waals surface area contributed by atoms with Gasteiger partial charge in [-0.15, -0.1) is 0 Å². The van der Waals surface area contributed by atoms with Gasteiger partial charge < -0.3 is 23.7 Å². The lowest BCUT2D eigenvalue weighted by Gasteiger charge is -2.64. The highest BCUT2D eigenvalue weighted by atomic mass is 16.7. The van der Waals surface area contributed by atoms with Crippen LogP contribution < -0.4 is 4.74 Å². The molecule has 3 unspecified atom stereocenters. The zero-order chi connectivity index (χ0) is 28.6. The minimum Gasteiger partial charge on any atom is -0.493 e. The molecule has 0 radical (unpaired) electrons. The molecule has 5 fully saturated rings. The van der Waals surface area contributed by atoms with Crippen molar-refractivity contribution in [2.75, 3.05) is 20.3 Å². The molecule has 6 rings (SSSR count). The molecule has 5 aliphatic rings. The smallest absolute Gasteiger partial charge is 0.168 e. The van der Waals surface area contributed by atoms with Gasteiger partial charge in [-0.2, -0.15) is 0 Å². The number of rotatable bonds is 9. The van der Waals surface area contributed by atoms with Crippen LogP contribution in [0.1, 0.15) is 111 Å². The Kier molecular flexibility index (Phi) is 8.59. The predicted molar refractivity (Wildman–Crippen MR) is 159 cm³/mol. The SMILES string of the molecule is COC1(OC(C)C/C=C2\CCC3C(C)(CC[C@H]4OC5(CCCC5)OC[C@@]34C)[C@@H]2CCOc2ccncc2)CCCC1. The van der Waals surface area contributed by atoms with Crippen molar-refractivity contribution in [3.63, 3.8) is 0 Å². The lowest BCUT2D eigenvalue weighted by atomic mass is 9.45. The summed E-state index contributed by atoms with van der Waals surface area (Å²) in [6, 6.07) is 3.91. The van der Waals surface area contributed by atoms with Gasteiger partial charge in [-0.05, 0) is 101 Å². The summed E-state index contributed by atoms with van der Waals surface area (Å²) in [5, 5.41) is 0. The molecule has 1 spiro atoms. The minimum absolute atomic E-state index is 0.0559. The van der Waals surface area contributed by atoms with Crippen LogP contribution in [0.2, 0.25) is 0 Å². The maximum atomic E-state index is 6.90. The number of hydrogen-bond acceptors (Lipinski definition) is 6. The van der Waals surface area contributed by atoms with E-state index < -0.39 is 0 Å². The summed E-state index contributed by atoms with van der Waals surface area (Å²) >= 11 is 0. The van der Waals surface area contributed by atoms with Gasteiger partial charge in [0, 0.05) is 50.6 Å². The van der Waals surface area contributed by atoms with Crippen molar-refractivity contribution in [3.05, 3.63) is 36.2 Å². The van der Waals surface area contributed by atoms with Crippen molar-refractivity contribution in [2.24, 2.45) is 22.7 Å². The van der Waals surface area contributed by atoms with Gasteiger partial charge in [0.25, 0.3) is 0 Å². The summed E-state index contributed by atoms with van der Waals surface area (Å²) in [5.74, 6) is 1.25. The van der Waals surface area contributed by atoms with Gasteiger partial charge in [0.2, 0.25) is 0 Å². The van der Waals surface area contributed by atoms with Crippen molar-refractivity contribution in [1.29, 1.82) is 0 Å². The van der Waals surface area contributed by atoms with Gasteiger partial charge in [0.1, 0.15) is 5.75 Å². The summed E-state index contributed by atoms with van der Waals surface area (Å²) in [6.07, 6.45) is 22.2. The van der Waals surface area contributed by atoms with E-state index in [1.165, 1.54) is 38.5 Å². The van der Waals surface area contributed by atoms with E-state index in [0.717, 1.165) is 63.7 Å². The number of methoxy groups -OCH3 is 1. The summed E-state index contributed by atoms with van der Waals surface area (Å²) < 4.78 is 32.2. The first-order valence-corrected chi connectivity index (χ1v) is 16.6. The highest BCUT2D eigenvalue weighted by Gasteiger charge is 2.62. The molecule has 6 heteroatoms. The first kappa shape index (κ1) is 29.6. The molecule has 41 heavy (non-hydrogen) atoms. The zero-order valence-electron chi connectivity index (χ0n) is 26.0. The number of fused-ring (bicyclic) bond motifs is 3. The Morgan fingerprint density at radius 1 is 1.00 bits per heavy atom. The molecule has 6 nitrogen and oxygen atoms in total. The number of allylic oxidation sites excluding steroid dienone is 1. The Hall–Kier alpha value is -1.47. The molecular weight excluding hydrogens is 514 g/mol. The molecule has 228 valence electrons. The Morgan fingerprint density at radius 3 is 2.46 bits per heavy atom. The number of pyridine rings is 1. The van der Waals surface area contributed by atoms with E-state index in [9.17, 15) is 0 Å². The second-order valence-electron chi connectivity index (χ2n) is 14.3. The number of nitrogens with zero attached hydrogens (tertiary/aromatic N) is 1. The Labute approximate surface area is 247 Å². The van der Waals surface area contributed by atoms with Crippen molar-refractivity contribution in [1.82, 2.24) is 4.98 Å². The normalized spacial score (nSPS) is 37.6. The van der Waals surface area contributed by atoms with Crippen molar-refractivity contribution in [2.45, 2.75) is 134 Å². The first-order valence-electron chi connectivity index (χ1n) is 16.6. The summed E-state index contributed by atoms with van der Waals surface area (Å²) in [6.45, 7) is 8.81. The van der Waals surface area contributed by atoms with Crippen LogP contribution in [0.25, 0.3) is 0 Å². The van der Waals surface area contributed by atoms with Crippen molar-refractivity contribution in [3.8, 4) is 5.75 Å². The number of ether oxygens (including phenoxy) is 5. The highest BCUT2D eigenvalue weighted by molar-refractivity contribution is 5.22. The van der Waals surface area contributed by atoms with Gasteiger partial charge in [0.05, 0.1) is 25.4 Å². The van der Waals surface area contributed by atoms with Crippen LogP contribution in [0, 0.1) is 22.7 Å². The van der Waals surface area contributed by atoms with E-state index >= 15 is 0 Å². The van der Waals surface area contributed by atoms with Gasteiger partial charge in [-0.3, -0.25) is 4.98 Å². The van der Waals surface area contributed by atoms with E-state index in [4.69, 9.17) is 23.7 Å². The maximum Gasteiger partial charge on any atom is 0.168 e. The van der Waals surface area contributed by atoms with Crippen LogP contribution in [0.15, 0.2) is 36.2 Å². The van der Waals surface area contributed by atoms with Crippen molar-refractivity contribution >= 4 is 0 Å². The highest BCUT2D eigenvalue weighted by Crippen LogP contribution is 2.64. The van der Waals surface area contributed by atoms with E-state index in [2.05, 4.69) is 31.8 Å². The molecule has 0 bridgehead atoms. The van der Waals surface area contributed by atoms with Crippen LogP contribution in [-0.2, 0) is 18.9 Å². The average molecular weight is 568 g/mol. The van der Waals surface area contributed by atoms with E-state index in [-0.39, 0.29) is 28.5 Å². The fraction of sp³-hybridized carbons (Fsp3) is 0.800. The third-order valence-electron chi connectivity index (χ3n) is 11.8. The molecule has 4 aliphatic carbocycles. The van der Waals surface area contributed by atoms with Crippen LogP contribution in [-0.4, -0.2) is 49.1 Å². The molecule has 0 N–H and O–H groups in total. The van der Waals surface area contributed by atoms with Crippen LogP contribution in [0.3, 0.4) is 0 Å². The topological polar surface area (TPSA) is 59.0 Å². The standard InChI is InChI=1S/C35H53NO5/c1-26(40-34(37-4)17-5-6-18-34)9-10-27-11-12-30-32(2,29(27)16-24-38-28-14-22-36-23-15-28)21-13-31-33(30,3)25-39-35(41-31)19-7-8-20-35/h10,14-15,22-23,26,29-31H,5-9,11-13,16-21,24-25H2,1-4H3/b27-10+/t26?,29-,30?,31-,32?,33+/m1/s1. The minimum atomic E-state index is -0.385. The third kappa shape index (κ3) is 5.75. The molecule has 1 aromatic rings. The second kappa shape index (κ2) is 11.9. The summed E-state index contributed by atoms with van der Waals surface area (Å²) in [5.41, 5.74) is 1.84. The number of aromatic nitrogens is 1. The second-order valence-corrected chi connectivity index (χ2v) is 14.3. The lowest BCUT2D eigenvalue weighted by molar-refractivity contribution is -0.355. The van der Waals surface area contributed by atoms with Gasteiger partial charge in [-0.1, -0.05) is 25.5 Å².